The van der Waals surface area contributed by atoms with Gasteiger partial charge in [-0.1, -0.05) is 41.6 Å². The molecule has 0 radical (unpaired) electrons. The van der Waals surface area contributed by atoms with E-state index in [4.69, 9.17) is 4.52 Å². The average molecular weight is 237 g/mol. The molecule has 4 heteroatoms. The lowest BCUT2D eigenvalue weighted by molar-refractivity contribution is 0.426. The van der Waals surface area contributed by atoms with Crippen LogP contribution in [0, 0.1) is 0 Å². The Morgan fingerprint density at radius 3 is 1.78 bits per heavy atom. The van der Waals surface area contributed by atoms with Gasteiger partial charge in [0.1, 0.15) is 0 Å². The Hall–Kier alpha value is -2.62. The van der Waals surface area contributed by atoms with Gasteiger partial charge in [0.2, 0.25) is 0 Å². The van der Waals surface area contributed by atoms with Gasteiger partial charge in [0.25, 0.3) is 0 Å². The van der Waals surface area contributed by atoms with Gasteiger partial charge in [0.15, 0.2) is 6.33 Å². The van der Waals surface area contributed by atoms with Crippen LogP contribution in [0.1, 0.15) is 0 Å². The van der Waals surface area contributed by atoms with E-state index in [0.717, 1.165) is 11.4 Å². The van der Waals surface area contributed by atoms with Gasteiger partial charge in [-0.2, -0.15) is 4.98 Å². The van der Waals surface area contributed by atoms with Gasteiger partial charge in [-0.05, 0) is 24.3 Å². The van der Waals surface area contributed by atoms with Gasteiger partial charge >= 0.3 is 6.01 Å². The van der Waals surface area contributed by atoms with Crippen molar-refractivity contribution >= 4 is 17.4 Å². The Labute approximate surface area is 104 Å². The van der Waals surface area contributed by atoms with Crippen LogP contribution < -0.4 is 4.90 Å². The second kappa shape index (κ2) is 4.71. The Morgan fingerprint density at radius 1 is 0.778 bits per heavy atom. The van der Waals surface area contributed by atoms with E-state index in [1.165, 1.54) is 6.33 Å². The number of anilines is 3. The highest BCUT2D eigenvalue weighted by molar-refractivity contribution is 5.71. The van der Waals surface area contributed by atoms with Crippen molar-refractivity contribution in [2.75, 3.05) is 4.90 Å². The first-order chi connectivity index (χ1) is 8.95. The predicted octanol–water partition coefficient (Wildman–Crippen LogP) is 3.54. The van der Waals surface area contributed by atoms with Crippen LogP contribution in [0.2, 0.25) is 0 Å². The third-order valence-electron chi connectivity index (χ3n) is 2.57. The summed E-state index contributed by atoms with van der Waals surface area (Å²) in [6.45, 7) is 0. The fourth-order valence-corrected chi connectivity index (χ4v) is 1.79. The smallest absolute Gasteiger partial charge is 0.315 e. The van der Waals surface area contributed by atoms with E-state index in [0.29, 0.717) is 6.01 Å². The highest BCUT2D eigenvalue weighted by Crippen LogP contribution is 2.31. The summed E-state index contributed by atoms with van der Waals surface area (Å²) in [4.78, 5) is 6.03. The first kappa shape index (κ1) is 10.5. The van der Waals surface area contributed by atoms with E-state index in [1.807, 2.05) is 65.6 Å². The highest BCUT2D eigenvalue weighted by Gasteiger charge is 2.15. The largest absolute Gasteiger partial charge is 0.332 e. The second-order valence-corrected chi connectivity index (χ2v) is 3.73. The first-order valence-corrected chi connectivity index (χ1v) is 5.62. The van der Waals surface area contributed by atoms with Crippen LogP contribution in [0.3, 0.4) is 0 Å². The lowest BCUT2D eigenvalue weighted by Crippen LogP contribution is -2.09. The third kappa shape index (κ3) is 1.96. The van der Waals surface area contributed by atoms with Crippen molar-refractivity contribution in [2.45, 2.75) is 0 Å². The van der Waals surface area contributed by atoms with Gasteiger partial charge in [-0.25, -0.2) is 0 Å². The fraction of sp³-hybridized carbons (Fsp3) is 0. The maximum Gasteiger partial charge on any atom is 0.332 e. The molecule has 0 aliphatic rings. The van der Waals surface area contributed by atoms with Crippen molar-refractivity contribution in [2.24, 2.45) is 0 Å². The number of hydrogen-bond acceptors (Lipinski definition) is 4. The summed E-state index contributed by atoms with van der Waals surface area (Å²) in [6.07, 6.45) is 1.40. The molecule has 2 aromatic carbocycles. The molecule has 1 heterocycles. The molecule has 3 rings (SSSR count). The number of benzene rings is 2. The number of para-hydroxylation sites is 2. The van der Waals surface area contributed by atoms with Crippen LogP contribution in [-0.2, 0) is 0 Å². The van der Waals surface area contributed by atoms with E-state index in [9.17, 15) is 0 Å². The number of rotatable bonds is 3. The maximum atomic E-state index is 5.17. The van der Waals surface area contributed by atoms with Crippen molar-refractivity contribution in [1.29, 1.82) is 0 Å². The number of hydrogen-bond donors (Lipinski definition) is 0. The molecule has 0 bridgehead atoms. The first-order valence-electron chi connectivity index (χ1n) is 5.62. The second-order valence-electron chi connectivity index (χ2n) is 3.73. The molecule has 88 valence electrons. The topological polar surface area (TPSA) is 42.2 Å². The Kier molecular flexibility index (Phi) is 2.75. The Balaban J connectivity index is 2.11. The highest BCUT2D eigenvalue weighted by atomic mass is 16.5. The van der Waals surface area contributed by atoms with Gasteiger partial charge in [0.05, 0.1) is 11.4 Å². The van der Waals surface area contributed by atoms with E-state index in [2.05, 4.69) is 10.1 Å². The quantitative estimate of drug-likeness (QED) is 0.698. The monoisotopic (exact) mass is 237 g/mol. The molecule has 4 nitrogen and oxygen atoms in total. The van der Waals surface area contributed by atoms with E-state index in [1.54, 1.807) is 0 Å². The lowest BCUT2D eigenvalue weighted by Gasteiger charge is -2.19. The van der Waals surface area contributed by atoms with Crippen LogP contribution in [0.4, 0.5) is 17.4 Å². The number of nitrogens with zero attached hydrogens (tertiary/aromatic N) is 3. The molecule has 0 saturated heterocycles. The molecule has 0 amide bonds. The molecule has 0 fully saturated rings. The van der Waals surface area contributed by atoms with Gasteiger partial charge < -0.3 is 4.52 Å². The third-order valence-corrected chi connectivity index (χ3v) is 2.57. The van der Waals surface area contributed by atoms with Crippen molar-refractivity contribution in [3.05, 3.63) is 67.0 Å². The zero-order valence-electron chi connectivity index (χ0n) is 9.60. The Morgan fingerprint density at radius 2 is 1.33 bits per heavy atom. The van der Waals surface area contributed by atoms with Crippen molar-refractivity contribution in [3.63, 3.8) is 0 Å². The molecule has 0 atom stereocenters. The van der Waals surface area contributed by atoms with Gasteiger partial charge in [-0.15, -0.1) is 0 Å². The summed E-state index contributed by atoms with van der Waals surface area (Å²) in [5, 5.41) is 3.67. The summed E-state index contributed by atoms with van der Waals surface area (Å²) < 4.78 is 5.17. The molecule has 3 aromatic rings. The van der Waals surface area contributed by atoms with Gasteiger partial charge in [-0.3, -0.25) is 4.90 Å². The van der Waals surface area contributed by atoms with Crippen LogP contribution in [-0.4, -0.2) is 10.1 Å². The van der Waals surface area contributed by atoms with E-state index >= 15 is 0 Å². The Bertz CT molecular complexity index is 554. The number of aromatic nitrogens is 2. The molecule has 0 unspecified atom stereocenters. The summed E-state index contributed by atoms with van der Waals surface area (Å²) in [5.74, 6) is 0. The average Bonchev–Trinajstić information content (AvgIpc) is 2.95. The van der Waals surface area contributed by atoms with Crippen LogP contribution in [0.5, 0.6) is 0 Å². The minimum Gasteiger partial charge on any atom is -0.315 e. The maximum absolute atomic E-state index is 5.17. The molecule has 0 saturated carbocycles. The summed E-state index contributed by atoms with van der Waals surface area (Å²) in [6, 6.07) is 20.3. The van der Waals surface area contributed by atoms with Crippen LogP contribution in [0.15, 0.2) is 71.5 Å². The lowest BCUT2D eigenvalue weighted by atomic mass is 10.2. The fourth-order valence-electron chi connectivity index (χ4n) is 1.79. The molecule has 0 aliphatic heterocycles. The molecule has 0 spiro atoms. The van der Waals surface area contributed by atoms with Crippen molar-refractivity contribution < 1.29 is 4.52 Å². The zero-order valence-corrected chi connectivity index (χ0v) is 9.60. The summed E-state index contributed by atoms with van der Waals surface area (Å²) >= 11 is 0. The molecule has 0 N–H and O–H groups in total. The molecular formula is C14H11N3O. The zero-order chi connectivity index (χ0) is 12.2. The van der Waals surface area contributed by atoms with E-state index in [-0.39, 0.29) is 0 Å². The van der Waals surface area contributed by atoms with Crippen LogP contribution >= 0.6 is 0 Å². The molecular weight excluding hydrogens is 226 g/mol. The minimum absolute atomic E-state index is 0.451. The normalized spacial score (nSPS) is 10.2. The predicted molar refractivity (Wildman–Crippen MR) is 69.0 cm³/mol. The van der Waals surface area contributed by atoms with Gasteiger partial charge in [0, 0.05) is 0 Å². The standard InChI is InChI=1S/C14H11N3O/c1-3-7-12(8-4-1)17(14-15-11-16-18-14)13-9-5-2-6-10-13/h1-11H. The van der Waals surface area contributed by atoms with Crippen molar-refractivity contribution in [3.8, 4) is 0 Å². The van der Waals surface area contributed by atoms with E-state index < -0.39 is 0 Å². The summed E-state index contributed by atoms with van der Waals surface area (Å²) in [5.41, 5.74) is 1.96. The molecule has 0 aliphatic carbocycles. The minimum atomic E-state index is 0.451. The van der Waals surface area contributed by atoms with Crippen LogP contribution in [0.25, 0.3) is 0 Å². The van der Waals surface area contributed by atoms with Crippen molar-refractivity contribution in [1.82, 2.24) is 10.1 Å². The summed E-state index contributed by atoms with van der Waals surface area (Å²) in [7, 11) is 0. The molecule has 18 heavy (non-hydrogen) atoms. The SMILES string of the molecule is c1ccc(N(c2ccccc2)c2ncno2)cc1. The molecule has 1 aromatic heterocycles.